The van der Waals surface area contributed by atoms with Crippen LogP contribution in [0.15, 0.2) is 54.6 Å². The maximum atomic E-state index is 13.9. The lowest BCUT2D eigenvalue weighted by atomic mass is 10.1. The van der Waals surface area contributed by atoms with Crippen LogP contribution < -0.4 is 16.2 Å². The predicted molar refractivity (Wildman–Crippen MR) is 140 cm³/mol. The molecule has 2 amide bonds. The Balaban J connectivity index is 1.56. The minimum absolute atomic E-state index is 0.0811. The number of nitrogens with two attached hydrogens (primary N) is 2. The second-order valence-electron chi connectivity index (χ2n) is 9.36. The highest BCUT2D eigenvalue weighted by molar-refractivity contribution is 6.03. The van der Waals surface area contributed by atoms with E-state index in [4.69, 9.17) is 16.2 Å². The SMILES string of the molecule is CN(C)C/C=C/C(=O)N1CCC[C@@H](n2nc(-c3ccc(Oc4ccc(F)cc4F)cc3)c(C(N)=O)c2N)C1. The summed E-state index contributed by atoms with van der Waals surface area (Å²) in [5.74, 6) is -2.05. The van der Waals surface area contributed by atoms with Gasteiger partial charge in [-0.05, 0) is 63.3 Å². The zero-order chi connectivity index (χ0) is 27.4. The van der Waals surface area contributed by atoms with Crippen molar-refractivity contribution in [2.45, 2.75) is 18.9 Å². The van der Waals surface area contributed by atoms with Crippen molar-refractivity contribution in [3.63, 3.8) is 0 Å². The third-order valence-corrected chi connectivity index (χ3v) is 6.23. The van der Waals surface area contributed by atoms with Crippen molar-refractivity contribution < 1.29 is 23.1 Å². The minimum atomic E-state index is -0.829. The number of halogens is 2. The highest BCUT2D eigenvalue weighted by Gasteiger charge is 2.29. The molecule has 2 aromatic carbocycles. The molecule has 0 spiro atoms. The number of hydrogen-bond donors (Lipinski definition) is 2. The Labute approximate surface area is 219 Å². The van der Waals surface area contributed by atoms with Crippen LogP contribution in [-0.2, 0) is 4.79 Å². The van der Waals surface area contributed by atoms with Crippen molar-refractivity contribution in [3.05, 3.63) is 71.8 Å². The Kier molecular flexibility index (Phi) is 8.06. The zero-order valence-corrected chi connectivity index (χ0v) is 21.2. The van der Waals surface area contributed by atoms with Gasteiger partial charge in [0.15, 0.2) is 11.6 Å². The largest absolute Gasteiger partial charge is 0.454 e. The zero-order valence-electron chi connectivity index (χ0n) is 21.2. The summed E-state index contributed by atoms with van der Waals surface area (Å²) >= 11 is 0. The molecule has 9 nitrogen and oxygen atoms in total. The number of hydrogen-bond acceptors (Lipinski definition) is 6. The Bertz CT molecular complexity index is 1350. The summed E-state index contributed by atoms with van der Waals surface area (Å²) in [6, 6.07) is 9.22. The van der Waals surface area contributed by atoms with Crippen LogP contribution in [0.5, 0.6) is 11.5 Å². The summed E-state index contributed by atoms with van der Waals surface area (Å²) in [5, 5.41) is 4.63. The number of ether oxygens (including phenoxy) is 1. The van der Waals surface area contributed by atoms with Gasteiger partial charge in [0.2, 0.25) is 5.91 Å². The van der Waals surface area contributed by atoms with Crippen molar-refractivity contribution in [1.82, 2.24) is 19.6 Å². The van der Waals surface area contributed by atoms with Crippen molar-refractivity contribution in [3.8, 4) is 22.8 Å². The number of nitrogens with zero attached hydrogens (tertiary/aromatic N) is 4. The first kappa shape index (κ1) is 26.8. The first-order valence-corrected chi connectivity index (χ1v) is 12.2. The van der Waals surface area contributed by atoms with Gasteiger partial charge in [0.05, 0.1) is 6.04 Å². The molecule has 0 aliphatic carbocycles. The number of likely N-dealkylation sites (N-methyl/N-ethyl adjacent to an activating group) is 1. The number of carbonyl (C=O) groups excluding carboxylic acids is 2. The summed E-state index contributed by atoms with van der Waals surface area (Å²) in [5.41, 5.74) is 12.9. The monoisotopic (exact) mass is 524 g/mol. The molecule has 3 aromatic rings. The molecule has 11 heteroatoms. The molecule has 4 rings (SSSR count). The predicted octanol–water partition coefficient (Wildman–Crippen LogP) is 3.58. The van der Waals surface area contributed by atoms with Crippen LogP contribution >= 0.6 is 0 Å². The molecule has 4 N–H and O–H groups in total. The van der Waals surface area contributed by atoms with Crippen LogP contribution in [0.25, 0.3) is 11.3 Å². The van der Waals surface area contributed by atoms with E-state index in [2.05, 4.69) is 5.10 Å². The van der Waals surface area contributed by atoms with E-state index in [0.29, 0.717) is 36.6 Å². The number of rotatable bonds is 8. The van der Waals surface area contributed by atoms with Crippen LogP contribution in [0.1, 0.15) is 29.2 Å². The molecule has 200 valence electrons. The van der Waals surface area contributed by atoms with E-state index < -0.39 is 17.5 Å². The quantitative estimate of drug-likeness (QED) is 0.435. The van der Waals surface area contributed by atoms with Gasteiger partial charge in [0.25, 0.3) is 5.91 Å². The maximum absolute atomic E-state index is 13.9. The van der Waals surface area contributed by atoms with E-state index in [1.165, 1.54) is 6.07 Å². The van der Waals surface area contributed by atoms with Crippen molar-refractivity contribution in [1.29, 1.82) is 0 Å². The first-order chi connectivity index (χ1) is 18.1. The fraction of sp³-hybridized carbons (Fsp3) is 0.296. The number of piperidine rings is 1. The number of aromatic nitrogens is 2. The average molecular weight is 525 g/mol. The van der Waals surface area contributed by atoms with Crippen molar-refractivity contribution >= 4 is 17.6 Å². The number of likely N-dealkylation sites (tertiary alicyclic amines) is 1. The summed E-state index contributed by atoms with van der Waals surface area (Å²) in [6.07, 6.45) is 4.86. The van der Waals surface area contributed by atoms with Gasteiger partial charge in [-0.2, -0.15) is 5.10 Å². The van der Waals surface area contributed by atoms with Crippen LogP contribution in [-0.4, -0.2) is 65.1 Å². The Morgan fingerprint density at radius 1 is 1.18 bits per heavy atom. The molecule has 1 aliphatic rings. The van der Waals surface area contributed by atoms with Crippen LogP contribution in [0.2, 0.25) is 0 Å². The van der Waals surface area contributed by atoms with Gasteiger partial charge >= 0.3 is 0 Å². The fourth-order valence-electron chi connectivity index (χ4n) is 4.36. The molecule has 0 radical (unpaired) electrons. The maximum Gasteiger partial charge on any atom is 0.254 e. The van der Waals surface area contributed by atoms with Gasteiger partial charge in [-0.25, -0.2) is 13.5 Å². The highest BCUT2D eigenvalue weighted by Crippen LogP contribution is 2.33. The standard InChI is InChI=1S/C27H30F2N6O3/c1-33(2)13-4-6-23(36)34-14-3-5-19(16-34)35-26(30)24(27(31)37)25(32-35)17-7-10-20(11-8-17)38-22-12-9-18(28)15-21(22)29/h4,6-12,15,19H,3,5,13-14,16,30H2,1-2H3,(H2,31,37)/b6-4+/t19-/m1/s1. The van der Waals surface area contributed by atoms with Crippen molar-refractivity contribution in [2.75, 3.05) is 39.5 Å². The average Bonchev–Trinajstić information content (AvgIpc) is 3.23. The van der Waals surface area contributed by atoms with Gasteiger partial charge in [-0.15, -0.1) is 0 Å². The lowest BCUT2D eigenvalue weighted by Gasteiger charge is -2.32. The molecule has 1 saturated heterocycles. The lowest BCUT2D eigenvalue weighted by molar-refractivity contribution is -0.127. The molecule has 1 atom stereocenters. The fourth-order valence-corrected chi connectivity index (χ4v) is 4.36. The van der Waals surface area contributed by atoms with Crippen LogP contribution in [0, 0.1) is 11.6 Å². The van der Waals surface area contributed by atoms with Gasteiger partial charge in [-0.1, -0.05) is 6.08 Å². The minimum Gasteiger partial charge on any atom is -0.454 e. The molecular weight excluding hydrogens is 494 g/mol. The van der Waals surface area contributed by atoms with Crippen molar-refractivity contribution in [2.24, 2.45) is 5.73 Å². The Morgan fingerprint density at radius 3 is 2.58 bits per heavy atom. The third-order valence-electron chi connectivity index (χ3n) is 6.23. The lowest BCUT2D eigenvalue weighted by Crippen LogP contribution is -2.40. The summed E-state index contributed by atoms with van der Waals surface area (Å²) < 4.78 is 34.2. The summed E-state index contributed by atoms with van der Waals surface area (Å²) in [7, 11) is 3.85. The number of anilines is 1. The van der Waals surface area contributed by atoms with Gasteiger partial charge in [0.1, 0.15) is 28.6 Å². The Hall–Kier alpha value is -4.25. The van der Waals surface area contributed by atoms with Gasteiger partial charge < -0.3 is 26.0 Å². The van der Waals surface area contributed by atoms with E-state index in [1.807, 2.05) is 25.1 Å². The topological polar surface area (TPSA) is 120 Å². The van der Waals surface area contributed by atoms with E-state index in [0.717, 1.165) is 25.0 Å². The van der Waals surface area contributed by atoms with E-state index in [9.17, 15) is 18.4 Å². The number of carbonyl (C=O) groups is 2. The number of primary amides is 1. The highest BCUT2D eigenvalue weighted by atomic mass is 19.1. The third kappa shape index (κ3) is 6.00. The molecule has 38 heavy (non-hydrogen) atoms. The second kappa shape index (κ2) is 11.4. The smallest absolute Gasteiger partial charge is 0.254 e. The molecule has 2 heterocycles. The molecule has 0 unspecified atom stereocenters. The van der Waals surface area contributed by atoms with Gasteiger partial charge in [-0.3, -0.25) is 9.59 Å². The second-order valence-corrected chi connectivity index (χ2v) is 9.36. The molecular formula is C27H30F2N6O3. The molecule has 0 saturated carbocycles. The van der Waals surface area contributed by atoms with Crippen LogP contribution in [0.4, 0.5) is 14.6 Å². The van der Waals surface area contributed by atoms with E-state index in [-0.39, 0.29) is 29.1 Å². The van der Waals surface area contributed by atoms with E-state index >= 15 is 0 Å². The number of nitrogen functional groups attached to an aromatic ring is 1. The van der Waals surface area contributed by atoms with E-state index in [1.54, 1.807) is 39.9 Å². The molecule has 1 aliphatic heterocycles. The number of benzene rings is 2. The normalized spacial score (nSPS) is 15.8. The summed E-state index contributed by atoms with van der Waals surface area (Å²) in [4.78, 5) is 28.7. The Morgan fingerprint density at radius 2 is 1.92 bits per heavy atom. The molecule has 0 bridgehead atoms. The number of amides is 2. The van der Waals surface area contributed by atoms with Crippen LogP contribution in [0.3, 0.4) is 0 Å². The van der Waals surface area contributed by atoms with Gasteiger partial charge in [0, 0.05) is 37.3 Å². The molecule has 1 fully saturated rings. The summed E-state index contributed by atoms with van der Waals surface area (Å²) in [6.45, 7) is 1.67. The molecule has 1 aromatic heterocycles. The first-order valence-electron chi connectivity index (χ1n) is 12.2.